The third-order valence-electron chi connectivity index (χ3n) is 5.37. The van der Waals surface area contributed by atoms with Crippen LogP contribution in [0.3, 0.4) is 0 Å². The third kappa shape index (κ3) is 5.85. The van der Waals surface area contributed by atoms with Crippen LogP contribution in [0, 0.1) is 5.92 Å². The molecule has 0 bridgehead atoms. The van der Waals surface area contributed by atoms with Crippen LogP contribution in [0.15, 0.2) is 0 Å². The minimum Gasteiger partial charge on any atom is -0.313 e. The summed E-state index contributed by atoms with van der Waals surface area (Å²) in [6.07, 6.45) is 4.05. The molecule has 2 saturated heterocycles. The number of nitrogens with zero attached hydrogens (tertiary/aromatic N) is 3. The van der Waals surface area contributed by atoms with E-state index < -0.39 is 0 Å². The third-order valence-corrected chi connectivity index (χ3v) is 5.37. The number of hydrogen-bond donors (Lipinski definition) is 1. The van der Waals surface area contributed by atoms with Crippen molar-refractivity contribution < 1.29 is 0 Å². The average molecular weight is 297 g/mol. The molecule has 4 heteroatoms. The molecule has 0 aliphatic carbocycles. The van der Waals surface area contributed by atoms with E-state index >= 15 is 0 Å². The topological polar surface area (TPSA) is 21.8 Å². The van der Waals surface area contributed by atoms with Crippen molar-refractivity contribution in [3.8, 4) is 0 Å². The van der Waals surface area contributed by atoms with Crippen molar-refractivity contribution in [1.82, 2.24) is 20.0 Å². The highest BCUT2D eigenvalue weighted by Gasteiger charge is 2.23. The Hall–Kier alpha value is -0.160. The van der Waals surface area contributed by atoms with E-state index in [-0.39, 0.29) is 0 Å². The molecule has 0 aromatic heterocycles. The molecule has 2 fully saturated rings. The monoisotopic (exact) mass is 296 g/mol. The van der Waals surface area contributed by atoms with Gasteiger partial charge in [-0.1, -0.05) is 6.92 Å². The van der Waals surface area contributed by atoms with Gasteiger partial charge in [-0.2, -0.15) is 0 Å². The maximum absolute atomic E-state index is 3.78. The molecule has 1 unspecified atom stereocenters. The molecule has 21 heavy (non-hydrogen) atoms. The number of hydrogen-bond acceptors (Lipinski definition) is 4. The van der Waals surface area contributed by atoms with Crippen LogP contribution in [-0.4, -0.2) is 86.7 Å². The van der Waals surface area contributed by atoms with Crippen LogP contribution in [0.5, 0.6) is 0 Å². The Kier molecular flexibility index (Phi) is 7.44. The molecule has 1 atom stereocenters. The first-order valence-electron chi connectivity index (χ1n) is 9.05. The Balaban J connectivity index is 1.56. The molecule has 124 valence electrons. The predicted octanol–water partition coefficient (Wildman–Crippen LogP) is 1.33. The lowest BCUT2D eigenvalue weighted by molar-refractivity contribution is 0.144. The zero-order valence-corrected chi connectivity index (χ0v) is 14.5. The average Bonchev–Trinajstić information content (AvgIpc) is 2.50. The minimum atomic E-state index is 0.682. The van der Waals surface area contributed by atoms with Gasteiger partial charge < -0.3 is 15.1 Å². The number of likely N-dealkylation sites (tertiary alicyclic amines) is 1. The summed E-state index contributed by atoms with van der Waals surface area (Å²) in [7, 11) is 2.22. The highest BCUT2D eigenvalue weighted by molar-refractivity contribution is 4.80. The molecular formula is C17H36N4. The molecule has 0 amide bonds. The SMILES string of the molecule is CCCN1CCC(C(C)NCCN2CCN(C)CC2)CC1. The zero-order chi connectivity index (χ0) is 15.1. The molecule has 4 nitrogen and oxygen atoms in total. The van der Waals surface area contributed by atoms with Gasteiger partial charge in [0.15, 0.2) is 0 Å². The highest BCUT2D eigenvalue weighted by Crippen LogP contribution is 2.20. The van der Waals surface area contributed by atoms with Crippen LogP contribution in [0.1, 0.15) is 33.1 Å². The first-order chi connectivity index (χ1) is 10.2. The molecule has 2 rings (SSSR count). The van der Waals surface area contributed by atoms with Gasteiger partial charge in [0.05, 0.1) is 0 Å². The summed E-state index contributed by atoms with van der Waals surface area (Å²) >= 11 is 0. The van der Waals surface area contributed by atoms with Gasteiger partial charge in [0, 0.05) is 45.3 Å². The lowest BCUT2D eigenvalue weighted by Crippen LogP contribution is -2.48. The maximum Gasteiger partial charge on any atom is 0.0110 e. The van der Waals surface area contributed by atoms with Gasteiger partial charge in [-0.15, -0.1) is 0 Å². The van der Waals surface area contributed by atoms with E-state index in [1.54, 1.807) is 0 Å². The molecule has 0 aromatic carbocycles. The molecule has 0 aromatic rings. The number of piperazine rings is 1. The van der Waals surface area contributed by atoms with Crippen molar-refractivity contribution in [3.63, 3.8) is 0 Å². The maximum atomic E-state index is 3.78. The highest BCUT2D eigenvalue weighted by atomic mass is 15.2. The Labute approximate surface area is 131 Å². The normalized spacial score (nSPS) is 25.3. The van der Waals surface area contributed by atoms with Crippen LogP contribution in [-0.2, 0) is 0 Å². The van der Waals surface area contributed by atoms with E-state index in [1.807, 2.05) is 0 Å². The number of likely N-dealkylation sites (N-methyl/N-ethyl adjacent to an activating group) is 1. The second-order valence-electron chi connectivity index (χ2n) is 7.07. The van der Waals surface area contributed by atoms with Crippen molar-refractivity contribution in [2.75, 3.05) is 66.0 Å². The second kappa shape index (κ2) is 9.09. The van der Waals surface area contributed by atoms with E-state index in [0.717, 1.165) is 12.5 Å². The number of piperidine rings is 1. The molecular weight excluding hydrogens is 260 g/mol. The van der Waals surface area contributed by atoms with Gasteiger partial charge in [-0.3, -0.25) is 4.90 Å². The van der Waals surface area contributed by atoms with Gasteiger partial charge in [-0.05, 0) is 58.8 Å². The van der Waals surface area contributed by atoms with E-state index in [9.17, 15) is 0 Å². The fourth-order valence-electron chi connectivity index (χ4n) is 3.68. The van der Waals surface area contributed by atoms with E-state index in [4.69, 9.17) is 0 Å². The molecule has 1 N–H and O–H groups in total. The van der Waals surface area contributed by atoms with Crippen molar-refractivity contribution in [3.05, 3.63) is 0 Å². The fourth-order valence-corrected chi connectivity index (χ4v) is 3.68. The molecule has 2 heterocycles. The largest absolute Gasteiger partial charge is 0.313 e. The first-order valence-corrected chi connectivity index (χ1v) is 9.05. The molecule has 0 radical (unpaired) electrons. The molecule has 0 saturated carbocycles. The summed E-state index contributed by atoms with van der Waals surface area (Å²) < 4.78 is 0. The van der Waals surface area contributed by atoms with E-state index in [0.29, 0.717) is 6.04 Å². The van der Waals surface area contributed by atoms with Crippen LogP contribution in [0.4, 0.5) is 0 Å². The minimum absolute atomic E-state index is 0.682. The molecule has 2 aliphatic rings. The predicted molar refractivity (Wildman–Crippen MR) is 90.9 cm³/mol. The van der Waals surface area contributed by atoms with Crippen LogP contribution in [0.25, 0.3) is 0 Å². The summed E-state index contributed by atoms with van der Waals surface area (Å²) in [5.74, 6) is 0.880. The Morgan fingerprint density at radius 3 is 2.19 bits per heavy atom. The number of rotatable bonds is 7. The Morgan fingerprint density at radius 1 is 0.952 bits per heavy atom. The lowest BCUT2D eigenvalue weighted by atomic mass is 9.90. The van der Waals surface area contributed by atoms with Gasteiger partial charge in [0.1, 0.15) is 0 Å². The lowest BCUT2D eigenvalue weighted by Gasteiger charge is -2.36. The van der Waals surface area contributed by atoms with Crippen LogP contribution in [0.2, 0.25) is 0 Å². The van der Waals surface area contributed by atoms with Gasteiger partial charge in [0.25, 0.3) is 0 Å². The smallest absolute Gasteiger partial charge is 0.0110 e. The summed E-state index contributed by atoms with van der Waals surface area (Å²) in [5.41, 5.74) is 0. The van der Waals surface area contributed by atoms with Crippen molar-refractivity contribution >= 4 is 0 Å². The van der Waals surface area contributed by atoms with E-state index in [1.165, 1.54) is 71.6 Å². The fraction of sp³-hybridized carbons (Fsp3) is 1.00. The summed E-state index contributed by atoms with van der Waals surface area (Å²) in [5, 5.41) is 3.78. The standard InChI is InChI=1S/C17H36N4/c1-4-8-20-9-5-17(6-10-20)16(2)18-7-11-21-14-12-19(3)13-15-21/h16-18H,4-15H2,1-3H3. The molecule has 0 spiro atoms. The number of nitrogens with one attached hydrogen (secondary N) is 1. The van der Waals surface area contributed by atoms with Crippen molar-refractivity contribution in [2.45, 2.75) is 39.2 Å². The van der Waals surface area contributed by atoms with Gasteiger partial charge in [0.2, 0.25) is 0 Å². The quantitative estimate of drug-likeness (QED) is 0.765. The Morgan fingerprint density at radius 2 is 1.57 bits per heavy atom. The van der Waals surface area contributed by atoms with Gasteiger partial charge in [-0.25, -0.2) is 0 Å². The van der Waals surface area contributed by atoms with Crippen molar-refractivity contribution in [1.29, 1.82) is 0 Å². The molecule has 2 aliphatic heterocycles. The summed E-state index contributed by atoms with van der Waals surface area (Å²) in [6, 6.07) is 0.682. The van der Waals surface area contributed by atoms with Crippen LogP contribution < -0.4 is 5.32 Å². The van der Waals surface area contributed by atoms with Gasteiger partial charge >= 0.3 is 0 Å². The zero-order valence-electron chi connectivity index (χ0n) is 14.5. The summed E-state index contributed by atoms with van der Waals surface area (Å²) in [6.45, 7) is 15.9. The Bertz CT molecular complexity index is 268. The van der Waals surface area contributed by atoms with E-state index in [2.05, 4.69) is 40.9 Å². The summed E-state index contributed by atoms with van der Waals surface area (Å²) in [4.78, 5) is 7.66. The second-order valence-corrected chi connectivity index (χ2v) is 7.07. The van der Waals surface area contributed by atoms with Crippen molar-refractivity contribution in [2.24, 2.45) is 5.92 Å². The van der Waals surface area contributed by atoms with Crippen LogP contribution >= 0.6 is 0 Å². The first kappa shape index (κ1) is 17.2.